The molecule has 3 N–H and O–H groups in total. The molecule has 0 aliphatic heterocycles. The molecule has 1 saturated carbocycles. The van der Waals surface area contributed by atoms with Gasteiger partial charge in [-0.3, -0.25) is 4.79 Å². The molecule has 0 saturated heterocycles. The van der Waals surface area contributed by atoms with E-state index >= 15 is 0 Å². The lowest BCUT2D eigenvalue weighted by atomic mass is 10.0. The van der Waals surface area contributed by atoms with Gasteiger partial charge >= 0.3 is 5.97 Å². The van der Waals surface area contributed by atoms with Crippen LogP contribution in [0.4, 0.5) is 0 Å². The molecule has 1 rings (SSSR count). The van der Waals surface area contributed by atoms with Gasteiger partial charge in [-0.2, -0.15) is 0 Å². The number of allylic oxidation sites excluding steroid dienone is 1. The first kappa shape index (κ1) is 54.2. The van der Waals surface area contributed by atoms with Gasteiger partial charge < -0.3 is 19.6 Å². The van der Waals surface area contributed by atoms with E-state index in [1.807, 2.05) is 27.7 Å². The highest BCUT2D eigenvalue weighted by molar-refractivity contribution is 5.69. The summed E-state index contributed by atoms with van der Waals surface area (Å²) in [5.74, 6) is 5.39. The van der Waals surface area contributed by atoms with Gasteiger partial charge in [0.25, 0.3) is 0 Å². The van der Waals surface area contributed by atoms with Crippen molar-refractivity contribution in [2.24, 2.45) is 5.90 Å². The van der Waals surface area contributed by atoms with Crippen LogP contribution in [0.15, 0.2) is 12.3 Å². The Balaban J connectivity index is -0.00000306. The van der Waals surface area contributed by atoms with Crippen LogP contribution in [0.3, 0.4) is 0 Å². The second-order valence-electron chi connectivity index (χ2n) is 14.1. The van der Waals surface area contributed by atoms with E-state index in [-0.39, 0.29) is 5.97 Å². The van der Waals surface area contributed by atoms with Crippen LogP contribution >= 0.6 is 0 Å². The zero-order valence-electron chi connectivity index (χ0n) is 35.7. The number of unbranched alkanes of at least 4 members (excludes halogenated alkanes) is 13. The van der Waals surface area contributed by atoms with E-state index in [0.29, 0.717) is 19.1 Å². The SMILES string of the molecule is C=C(CCCCCCCNCCCCCCCC(=O)OCCCCCCCC)OC1CCCCCCCCCCCCCC1.CC.CC.CON. The standard InChI is InChI=1S/C40H77NO3.2C2H6.CH5NO/c1-3-4-5-6-23-30-37-43-40(42)34-27-20-16-22-29-36-41-35-28-21-15-17-24-31-38(2)44-39-32-25-18-13-11-9-7-8-10-12-14-19-26-33-39;2*1-2;1-3-2/h39,41H,2-37H2,1H3;2*1-2H3;2H2,1H3. The van der Waals surface area contributed by atoms with Gasteiger partial charge in [-0.25, -0.2) is 5.90 Å². The smallest absolute Gasteiger partial charge is 0.305 e. The Morgan fingerprint density at radius 1 is 0.588 bits per heavy atom. The predicted octanol–water partition coefficient (Wildman–Crippen LogP) is 14.1. The maximum atomic E-state index is 11.8. The van der Waals surface area contributed by atoms with E-state index in [2.05, 4.69) is 29.6 Å². The Labute approximate surface area is 320 Å². The molecule has 6 nitrogen and oxygen atoms in total. The predicted molar refractivity (Wildman–Crippen MR) is 225 cm³/mol. The third kappa shape index (κ3) is 48.9. The minimum Gasteiger partial charge on any atom is -0.495 e. The summed E-state index contributed by atoms with van der Waals surface area (Å²) in [7, 11) is 1.40. The zero-order valence-corrected chi connectivity index (χ0v) is 35.7. The summed E-state index contributed by atoms with van der Waals surface area (Å²) < 4.78 is 11.8. The summed E-state index contributed by atoms with van der Waals surface area (Å²) in [5, 5.41) is 3.62. The van der Waals surface area contributed by atoms with Crippen molar-refractivity contribution >= 4 is 5.97 Å². The summed E-state index contributed by atoms with van der Waals surface area (Å²) in [6.45, 7) is 17.4. The van der Waals surface area contributed by atoms with Gasteiger partial charge in [-0.1, -0.05) is 176 Å². The number of carbonyl (C=O) groups is 1. The highest BCUT2D eigenvalue weighted by atomic mass is 16.6. The van der Waals surface area contributed by atoms with E-state index in [0.717, 1.165) is 44.5 Å². The van der Waals surface area contributed by atoms with Crippen molar-refractivity contribution in [2.75, 3.05) is 26.8 Å². The molecular formula is C45H94N2O4. The van der Waals surface area contributed by atoms with Gasteiger partial charge in [0.1, 0.15) is 0 Å². The van der Waals surface area contributed by atoms with Crippen molar-refractivity contribution in [2.45, 2.75) is 246 Å². The molecule has 0 radical (unpaired) electrons. The van der Waals surface area contributed by atoms with Gasteiger partial charge in [-0.15, -0.1) is 0 Å². The number of ether oxygens (including phenoxy) is 2. The van der Waals surface area contributed by atoms with Crippen molar-refractivity contribution < 1.29 is 19.1 Å². The lowest BCUT2D eigenvalue weighted by Gasteiger charge is -2.21. The second-order valence-corrected chi connectivity index (χ2v) is 14.1. The number of hydrogen-bond donors (Lipinski definition) is 2. The monoisotopic (exact) mass is 727 g/mol. The van der Waals surface area contributed by atoms with E-state index in [4.69, 9.17) is 9.47 Å². The maximum absolute atomic E-state index is 11.8. The molecule has 0 heterocycles. The molecule has 0 aromatic rings. The highest BCUT2D eigenvalue weighted by Gasteiger charge is 2.12. The number of nitrogens with one attached hydrogen (secondary N) is 1. The zero-order chi connectivity index (χ0) is 38.3. The first-order chi connectivity index (χ1) is 25.1. The highest BCUT2D eigenvalue weighted by Crippen LogP contribution is 2.22. The molecule has 0 unspecified atom stereocenters. The first-order valence-electron chi connectivity index (χ1n) is 22.6. The van der Waals surface area contributed by atoms with Crippen LogP contribution in [0, 0.1) is 0 Å². The molecule has 0 atom stereocenters. The van der Waals surface area contributed by atoms with Crippen LogP contribution < -0.4 is 11.2 Å². The Kier molecular flexibility index (Phi) is 54.2. The largest absolute Gasteiger partial charge is 0.495 e. The van der Waals surface area contributed by atoms with Crippen molar-refractivity contribution in [3.05, 3.63) is 12.3 Å². The van der Waals surface area contributed by atoms with Gasteiger partial charge in [-0.05, 0) is 70.9 Å². The minimum absolute atomic E-state index is 0.000670. The minimum atomic E-state index is 0.000670. The van der Waals surface area contributed by atoms with E-state index < -0.39 is 0 Å². The molecule has 1 aliphatic carbocycles. The fraction of sp³-hybridized carbons (Fsp3) is 0.933. The second kappa shape index (κ2) is 51.0. The van der Waals surface area contributed by atoms with Crippen LogP contribution in [0.5, 0.6) is 0 Å². The van der Waals surface area contributed by atoms with Gasteiger partial charge in [0.15, 0.2) is 0 Å². The number of rotatable bonds is 25. The molecule has 1 aliphatic rings. The Morgan fingerprint density at radius 2 is 0.961 bits per heavy atom. The number of hydrogen-bond acceptors (Lipinski definition) is 6. The average molecular weight is 727 g/mol. The van der Waals surface area contributed by atoms with Crippen LogP contribution in [0.2, 0.25) is 0 Å². The van der Waals surface area contributed by atoms with Gasteiger partial charge in [0.2, 0.25) is 0 Å². The molecule has 308 valence electrons. The van der Waals surface area contributed by atoms with E-state index in [9.17, 15) is 4.79 Å². The lowest BCUT2D eigenvalue weighted by molar-refractivity contribution is -0.143. The van der Waals surface area contributed by atoms with Crippen molar-refractivity contribution in [1.82, 2.24) is 5.32 Å². The van der Waals surface area contributed by atoms with Crippen LogP contribution in [0.25, 0.3) is 0 Å². The fourth-order valence-electron chi connectivity index (χ4n) is 6.49. The molecule has 0 aromatic carbocycles. The van der Waals surface area contributed by atoms with Crippen molar-refractivity contribution in [3.63, 3.8) is 0 Å². The topological polar surface area (TPSA) is 82.8 Å². The Bertz CT molecular complexity index is 630. The maximum Gasteiger partial charge on any atom is 0.305 e. The Morgan fingerprint density at radius 3 is 1.43 bits per heavy atom. The summed E-state index contributed by atoms with van der Waals surface area (Å²) in [6, 6.07) is 0. The molecule has 0 aromatic heterocycles. The van der Waals surface area contributed by atoms with Gasteiger partial charge in [0.05, 0.1) is 25.6 Å². The molecular weight excluding hydrogens is 633 g/mol. The summed E-state index contributed by atoms with van der Waals surface area (Å²) >= 11 is 0. The third-order valence-electron chi connectivity index (χ3n) is 9.44. The number of nitrogens with two attached hydrogens (primary N) is 1. The van der Waals surface area contributed by atoms with Crippen LogP contribution in [-0.2, 0) is 19.1 Å². The van der Waals surface area contributed by atoms with Crippen LogP contribution in [-0.4, -0.2) is 38.9 Å². The quantitative estimate of drug-likeness (QED) is 0.0422. The number of esters is 1. The average Bonchev–Trinajstić information content (AvgIpc) is 3.15. The normalized spacial score (nSPS) is 14.6. The van der Waals surface area contributed by atoms with Crippen LogP contribution in [0.1, 0.15) is 240 Å². The molecule has 51 heavy (non-hydrogen) atoms. The van der Waals surface area contributed by atoms with E-state index in [1.165, 1.54) is 180 Å². The third-order valence-corrected chi connectivity index (χ3v) is 9.44. The molecule has 0 spiro atoms. The van der Waals surface area contributed by atoms with Gasteiger partial charge in [0, 0.05) is 12.8 Å². The number of carbonyl (C=O) groups excluding carboxylic acids is 1. The lowest BCUT2D eigenvalue weighted by Crippen LogP contribution is -2.16. The fourth-order valence-corrected chi connectivity index (χ4v) is 6.49. The molecule has 1 fully saturated rings. The summed E-state index contributed by atoms with van der Waals surface area (Å²) in [6.07, 6.45) is 41.0. The van der Waals surface area contributed by atoms with Crippen molar-refractivity contribution in [1.29, 1.82) is 0 Å². The van der Waals surface area contributed by atoms with Crippen molar-refractivity contribution in [3.8, 4) is 0 Å². The molecule has 6 heteroatoms. The van der Waals surface area contributed by atoms with E-state index in [1.54, 1.807) is 0 Å². The first-order valence-corrected chi connectivity index (χ1v) is 22.6. The Hall–Kier alpha value is -1.11. The molecule has 0 amide bonds. The summed E-state index contributed by atoms with van der Waals surface area (Å²) in [5.41, 5.74) is 0. The molecule has 0 bridgehead atoms. The summed E-state index contributed by atoms with van der Waals surface area (Å²) in [4.78, 5) is 15.6.